The summed E-state index contributed by atoms with van der Waals surface area (Å²) in [7, 11) is -3.61. The van der Waals surface area contributed by atoms with E-state index in [1.165, 1.54) is 0 Å². The van der Waals surface area contributed by atoms with E-state index >= 15 is 0 Å². The predicted molar refractivity (Wildman–Crippen MR) is 105 cm³/mol. The Hall–Kier alpha value is -3.19. The molecule has 2 aromatic carbocycles. The average Bonchev–Trinajstić information content (AvgIpc) is 3.05. The molecule has 1 N–H and O–H groups in total. The van der Waals surface area contributed by atoms with E-state index in [0.717, 1.165) is 22.5 Å². The number of hydrogen-bond acceptors (Lipinski definition) is 4. The molecule has 0 saturated heterocycles. The molecule has 2 aromatic heterocycles. The lowest BCUT2D eigenvalue weighted by Gasteiger charge is -2.08. The molecule has 0 aliphatic carbocycles. The first kappa shape index (κ1) is 17.2. The van der Waals surface area contributed by atoms with Crippen molar-refractivity contribution in [2.75, 3.05) is 4.72 Å². The number of imidazole rings is 1. The van der Waals surface area contributed by atoms with E-state index in [0.29, 0.717) is 11.5 Å². The fraction of sp³-hybridized carbons (Fsp3) is 0.100. The van der Waals surface area contributed by atoms with Gasteiger partial charge in [-0.05, 0) is 44.2 Å². The highest BCUT2D eigenvalue weighted by atomic mass is 32.2. The van der Waals surface area contributed by atoms with Crippen LogP contribution in [0.15, 0.2) is 71.9 Å². The average molecular weight is 378 g/mol. The molecule has 4 rings (SSSR count). The standard InChI is InChI=1S/C20H18N4O2S/c1-14-3-9-18(10-4-14)27(25,26)23-17-7-5-16(6-8-17)19-13-24-12-11-15(2)21-20(24)22-19/h3-13,23H,1-2H3. The van der Waals surface area contributed by atoms with Crippen LogP contribution >= 0.6 is 0 Å². The van der Waals surface area contributed by atoms with Crippen molar-refractivity contribution in [1.82, 2.24) is 14.4 Å². The second kappa shape index (κ2) is 6.51. The molecule has 0 atom stereocenters. The number of anilines is 1. The third-order valence-electron chi connectivity index (χ3n) is 4.23. The van der Waals surface area contributed by atoms with Gasteiger partial charge in [0.15, 0.2) is 0 Å². The second-order valence-corrected chi connectivity index (χ2v) is 8.08. The van der Waals surface area contributed by atoms with Crippen LogP contribution < -0.4 is 4.72 Å². The number of benzene rings is 2. The molecule has 0 fully saturated rings. The van der Waals surface area contributed by atoms with Gasteiger partial charge in [0.2, 0.25) is 5.78 Å². The van der Waals surface area contributed by atoms with Crippen molar-refractivity contribution in [3.63, 3.8) is 0 Å². The van der Waals surface area contributed by atoms with Crippen LogP contribution in [0.3, 0.4) is 0 Å². The molecule has 0 spiro atoms. The quantitative estimate of drug-likeness (QED) is 0.586. The number of aromatic nitrogens is 3. The third kappa shape index (κ3) is 3.54. The van der Waals surface area contributed by atoms with E-state index in [9.17, 15) is 8.42 Å². The largest absolute Gasteiger partial charge is 0.291 e. The Balaban J connectivity index is 1.58. The van der Waals surface area contributed by atoms with Crippen LogP contribution in [0, 0.1) is 13.8 Å². The topological polar surface area (TPSA) is 76.4 Å². The van der Waals surface area contributed by atoms with Gasteiger partial charge in [0.25, 0.3) is 10.0 Å². The Morgan fingerprint density at radius 1 is 0.889 bits per heavy atom. The van der Waals surface area contributed by atoms with E-state index in [-0.39, 0.29) is 4.90 Å². The zero-order valence-corrected chi connectivity index (χ0v) is 15.7. The molecule has 0 aliphatic heterocycles. The van der Waals surface area contributed by atoms with Gasteiger partial charge in [-0.3, -0.25) is 9.12 Å². The lowest BCUT2D eigenvalue weighted by molar-refractivity contribution is 0.601. The number of aryl methyl sites for hydroxylation is 2. The van der Waals surface area contributed by atoms with E-state index in [1.54, 1.807) is 36.4 Å². The van der Waals surface area contributed by atoms with Crippen LogP contribution in [0.2, 0.25) is 0 Å². The zero-order valence-electron chi connectivity index (χ0n) is 14.9. The van der Waals surface area contributed by atoms with E-state index in [2.05, 4.69) is 14.7 Å². The van der Waals surface area contributed by atoms with Gasteiger partial charge in [-0.25, -0.2) is 18.4 Å². The Bertz CT molecular complexity index is 1210. The molecule has 6 nitrogen and oxygen atoms in total. The highest BCUT2D eigenvalue weighted by Gasteiger charge is 2.14. The predicted octanol–water partition coefficient (Wildman–Crippen LogP) is 3.81. The Kier molecular flexibility index (Phi) is 4.16. The molecule has 7 heteroatoms. The Morgan fingerprint density at radius 2 is 1.59 bits per heavy atom. The lowest BCUT2D eigenvalue weighted by atomic mass is 10.1. The van der Waals surface area contributed by atoms with Gasteiger partial charge >= 0.3 is 0 Å². The maximum Gasteiger partial charge on any atom is 0.261 e. The highest BCUT2D eigenvalue weighted by Crippen LogP contribution is 2.23. The van der Waals surface area contributed by atoms with Gasteiger partial charge in [-0.15, -0.1) is 0 Å². The molecule has 136 valence electrons. The Labute approximate surface area is 157 Å². The third-order valence-corrected chi connectivity index (χ3v) is 5.63. The van der Waals surface area contributed by atoms with Crippen molar-refractivity contribution < 1.29 is 8.42 Å². The van der Waals surface area contributed by atoms with Crippen molar-refractivity contribution >= 4 is 21.5 Å². The molecule has 0 aliphatic rings. The van der Waals surface area contributed by atoms with Gasteiger partial charge in [0.1, 0.15) is 0 Å². The van der Waals surface area contributed by atoms with Crippen LogP contribution in [-0.4, -0.2) is 22.8 Å². The van der Waals surface area contributed by atoms with Gasteiger partial charge in [0.05, 0.1) is 10.6 Å². The lowest BCUT2D eigenvalue weighted by Crippen LogP contribution is -2.12. The van der Waals surface area contributed by atoms with Crippen LogP contribution in [0.4, 0.5) is 5.69 Å². The minimum Gasteiger partial charge on any atom is -0.291 e. The zero-order chi connectivity index (χ0) is 19.0. The van der Waals surface area contributed by atoms with Crippen molar-refractivity contribution in [2.24, 2.45) is 0 Å². The van der Waals surface area contributed by atoms with Crippen molar-refractivity contribution in [3.8, 4) is 11.3 Å². The first-order valence-electron chi connectivity index (χ1n) is 8.43. The molecule has 0 unspecified atom stereocenters. The summed E-state index contributed by atoms with van der Waals surface area (Å²) < 4.78 is 29.4. The number of nitrogens with one attached hydrogen (secondary N) is 1. The van der Waals surface area contributed by atoms with Crippen molar-refractivity contribution in [1.29, 1.82) is 0 Å². The first-order valence-corrected chi connectivity index (χ1v) is 9.91. The molecule has 0 saturated carbocycles. The summed E-state index contributed by atoms with van der Waals surface area (Å²) >= 11 is 0. The molecule has 0 radical (unpaired) electrons. The molecular formula is C20H18N4O2S. The second-order valence-electron chi connectivity index (χ2n) is 6.40. The number of hydrogen-bond donors (Lipinski definition) is 1. The summed E-state index contributed by atoms with van der Waals surface area (Å²) in [5, 5.41) is 0. The molecule has 0 amide bonds. The van der Waals surface area contributed by atoms with E-state index in [4.69, 9.17) is 0 Å². The fourth-order valence-corrected chi connectivity index (χ4v) is 3.80. The van der Waals surface area contributed by atoms with Gasteiger partial charge in [-0.1, -0.05) is 29.8 Å². The summed E-state index contributed by atoms with van der Waals surface area (Å²) in [4.78, 5) is 9.14. The molecule has 2 heterocycles. The number of sulfonamides is 1. The van der Waals surface area contributed by atoms with Crippen molar-refractivity contribution in [3.05, 3.63) is 78.2 Å². The summed E-state index contributed by atoms with van der Waals surface area (Å²) in [6.45, 7) is 3.84. The maximum absolute atomic E-state index is 12.5. The monoisotopic (exact) mass is 378 g/mol. The van der Waals surface area contributed by atoms with E-state index in [1.807, 2.05) is 48.8 Å². The maximum atomic E-state index is 12.5. The molecule has 27 heavy (non-hydrogen) atoms. The Morgan fingerprint density at radius 3 is 2.30 bits per heavy atom. The molecular weight excluding hydrogens is 360 g/mol. The minimum atomic E-state index is -3.61. The smallest absolute Gasteiger partial charge is 0.261 e. The van der Waals surface area contributed by atoms with Crippen LogP contribution in [-0.2, 0) is 10.0 Å². The van der Waals surface area contributed by atoms with Crippen LogP contribution in [0.1, 0.15) is 11.3 Å². The SMILES string of the molecule is Cc1ccc(S(=O)(=O)Nc2ccc(-c3cn4ccc(C)nc4n3)cc2)cc1. The van der Waals surface area contributed by atoms with E-state index < -0.39 is 10.0 Å². The summed E-state index contributed by atoms with van der Waals surface area (Å²) in [6, 6.07) is 15.8. The number of fused-ring (bicyclic) bond motifs is 1. The van der Waals surface area contributed by atoms with Gasteiger partial charge < -0.3 is 0 Å². The normalized spacial score (nSPS) is 11.6. The molecule has 4 aromatic rings. The first-order chi connectivity index (χ1) is 12.9. The van der Waals surface area contributed by atoms with Gasteiger partial charge in [0, 0.05) is 29.3 Å². The van der Waals surface area contributed by atoms with Crippen LogP contribution in [0.25, 0.3) is 17.0 Å². The molecule has 0 bridgehead atoms. The number of nitrogens with zero attached hydrogens (tertiary/aromatic N) is 3. The summed E-state index contributed by atoms with van der Waals surface area (Å²) in [5.74, 6) is 0.633. The highest BCUT2D eigenvalue weighted by molar-refractivity contribution is 7.92. The number of rotatable bonds is 4. The van der Waals surface area contributed by atoms with Gasteiger partial charge in [-0.2, -0.15) is 0 Å². The van der Waals surface area contributed by atoms with Crippen molar-refractivity contribution in [2.45, 2.75) is 18.7 Å². The fourth-order valence-electron chi connectivity index (χ4n) is 2.74. The minimum absolute atomic E-state index is 0.235. The van der Waals surface area contributed by atoms with Crippen LogP contribution in [0.5, 0.6) is 0 Å². The summed E-state index contributed by atoms with van der Waals surface area (Å²) in [6.07, 6.45) is 3.81. The summed E-state index contributed by atoms with van der Waals surface area (Å²) in [5.41, 5.74) is 4.07.